The summed E-state index contributed by atoms with van der Waals surface area (Å²) in [7, 11) is 0. The molecule has 0 saturated carbocycles. The summed E-state index contributed by atoms with van der Waals surface area (Å²) >= 11 is 3.45. The highest BCUT2D eigenvalue weighted by Crippen LogP contribution is 2.27. The number of hydrogen-bond donors (Lipinski definition) is 1. The van der Waals surface area contributed by atoms with Gasteiger partial charge in [-0.25, -0.2) is 0 Å². The summed E-state index contributed by atoms with van der Waals surface area (Å²) < 4.78 is 6.30. The van der Waals surface area contributed by atoms with Gasteiger partial charge in [-0.3, -0.25) is 4.79 Å². The summed E-state index contributed by atoms with van der Waals surface area (Å²) in [5.41, 5.74) is 1.81. The number of nitrogens with one attached hydrogen (secondary N) is 1. The molecule has 0 aliphatic carbocycles. The second-order valence-electron chi connectivity index (χ2n) is 4.64. The Morgan fingerprint density at radius 3 is 2.89 bits per heavy atom. The largest absolute Gasteiger partial charge is 0.381 e. The van der Waals surface area contributed by atoms with Crippen LogP contribution in [0.15, 0.2) is 28.9 Å². The third-order valence-electron chi connectivity index (χ3n) is 3.50. The van der Waals surface area contributed by atoms with E-state index in [9.17, 15) is 4.79 Å². The van der Waals surface area contributed by atoms with Gasteiger partial charge in [0.1, 0.15) is 0 Å². The monoisotopic (exact) mass is 307 g/mol. The van der Waals surface area contributed by atoms with Gasteiger partial charge in [-0.15, -0.1) is 0 Å². The van der Waals surface area contributed by atoms with E-state index in [-0.39, 0.29) is 11.7 Å². The van der Waals surface area contributed by atoms with Gasteiger partial charge in [0.05, 0.1) is 0 Å². The standard InChI is InChI=1S/C14H14BrNO2/c15-10-1-2-13-11(7-10)12(8-16-13)14(17)9-3-5-18-6-4-9/h1-2,7-9,16H,3-6H2. The molecule has 1 saturated heterocycles. The van der Waals surface area contributed by atoms with Crippen LogP contribution in [-0.2, 0) is 4.74 Å². The number of aromatic nitrogens is 1. The lowest BCUT2D eigenvalue weighted by Gasteiger charge is -2.20. The Kier molecular flexibility index (Phi) is 3.22. The number of aromatic amines is 1. The second-order valence-corrected chi connectivity index (χ2v) is 5.56. The third kappa shape index (κ3) is 2.10. The number of carbonyl (C=O) groups excluding carboxylic acids is 1. The van der Waals surface area contributed by atoms with Gasteiger partial charge in [0.15, 0.2) is 5.78 Å². The summed E-state index contributed by atoms with van der Waals surface area (Å²) in [6.07, 6.45) is 3.49. The highest BCUT2D eigenvalue weighted by molar-refractivity contribution is 9.10. The van der Waals surface area contributed by atoms with Gasteiger partial charge < -0.3 is 9.72 Å². The van der Waals surface area contributed by atoms with Crippen molar-refractivity contribution in [2.75, 3.05) is 13.2 Å². The summed E-state index contributed by atoms with van der Waals surface area (Å²) in [6.45, 7) is 1.39. The first-order valence-electron chi connectivity index (χ1n) is 6.14. The van der Waals surface area contributed by atoms with Crippen molar-refractivity contribution in [2.45, 2.75) is 12.8 Å². The molecular formula is C14H14BrNO2. The van der Waals surface area contributed by atoms with Gasteiger partial charge in [-0.1, -0.05) is 15.9 Å². The lowest BCUT2D eigenvalue weighted by molar-refractivity contribution is 0.0546. The number of H-pyrrole nitrogens is 1. The molecule has 94 valence electrons. The molecule has 2 aromatic rings. The molecule has 1 aliphatic rings. The van der Waals surface area contributed by atoms with Gasteiger partial charge in [0.25, 0.3) is 0 Å². The van der Waals surface area contributed by atoms with Crippen molar-refractivity contribution in [1.29, 1.82) is 0 Å². The minimum atomic E-state index is 0.108. The maximum Gasteiger partial charge on any atom is 0.168 e. The topological polar surface area (TPSA) is 42.1 Å². The van der Waals surface area contributed by atoms with Crippen LogP contribution in [0.3, 0.4) is 0 Å². The fourth-order valence-electron chi connectivity index (χ4n) is 2.48. The highest BCUT2D eigenvalue weighted by Gasteiger charge is 2.24. The summed E-state index contributed by atoms with van der Waals surface area (Å²) in [4.78, 5) is 15.7. The minimum Gasteiger partial charge on any atom is -0.381 e. The van der Waals surface area contributed by atoms with E-state index in [4.69, 9.17) is 4.74 Å². The first-order valence-corrected chi connectivity index (χ1v) is 6.93. The van der Waals surface area contributed by atoms with E-state index in [1.165, 1.54) is 0 Å². The van der Waals surface area contributed by atoms with Gasteiger partial charge >= 0.3 is 0 Å². The zero-order valence-corrected chi connectivity index (χ0v) is 11.5. The van der Waals surface area contributed by atoms with Crippen LogP contribution in [0.5, 0.6) is 0 Å². The van der Waals surface area contributed by atoms with Crippen LogP contribution in [-0.4, -0.2) is 24.0 Å². The van der Waals surface area contributed by atoms with Gasteiger partial charge in [-0.2, -0.15) is 0 Å². The van der Waals surface area contributed by atoms with Crippen molar-refractivity contribution in [3.05, 3.63) is 34.4 Å². The van der Waals surface area contributed by atoms with Gasteiger partial charge in [-0.05, 0) is 31.0 Å². The van der Waals surface area contributed by atoms with Crippen LogP contribution < -0.4 is 0 Å². The molecule has 18 heavy (non-hydrogen) atoms. The average Bonchev–Trinajstić information content (AvgIpc) is 2.82. The normalized spacial score (nSPS) is 17.2. The Labute approximate surface area is 114 Å². The van der Waals surface area contributed by atoms with Crippen molar-refractivity contribution in [1.82, 2.24) is 4.98 Å². The number of Topliss-reactive ketones (excluding diaryl/α,β-unsaturated/α-hetero) is 1. The molecule has 1 N–H and O–H groups in total. The van der Waals surface area contributed by atoms with Crippen LogP contribution in [0.1, 0.15) is 23.2 Å². The smallest absolute Gasteiger partial charge is 0.168 e. The van der Waals surface area contributed by atoms with Gasteiger partial charge in [0.2, 0.25) is 0 Å². The molecule has 3 nitrogen and oxygen atoms in total. The van der Waals surface area contributed by atoms with Crippen LogP contribution >= 0.6 is 15.9 Å². The molecule has 0 atom stereocenters. The summed E-state index contributed by atoms with van der Waals surface area (Å²) in [5.74, 6) is 0.347. The second kappa shape index (κ2) is 4.86. The molecule has 0 amide bonds. The van der Waals surface area contributed by atoms with Crippen LogP contribution in [0, 0.1) is 5.92 Å². The number of fused-ring (bicyclic) bond motifs is 1. The van der Waals surface area contributed by atoms with Crippen LogP contribution in [0.25, 0.3) is 10.9 Å². The molecule has 0 bridgehead atoms. The number of benzene rings is 1. The van der Waals surface area contributed by atoms with Gasteiger partial charge in [0, 0.05) is 46.3 Å². The molecule has 4 heteroatoms. The first-order chi connectivity index (χ1) is 8.75. The molecule has 0 radical (unpaired) electrons. The number of hydrogen-bond acceptors (Lipinski definition) is 2. The number of carbonyl (C=O) groups is 1. The van der Waals surface area contributed by atoms with E-state index in [1.807, 2.05) is 24.4 Å². The molecule has 0 spiro atoms. The molecule has 1 aromatic heterocycles. The lowest BCUT2D eigenvalue weighted by Crippen LogP contribution is -2.23. The Bertz CT molecular complexity index is 584. The zero-order valence-electron chi connectivity index (χ0n) is 9.91. The predicted molar refractivity (Wildman–Crippen MR) is 73.9 cm³/mol. The van der Waals surface area contributed by atoms with E-state index in [1.54, 1.807) is 0 Å². The van der Waals surface area contributed by atoms with Crippen molar-refractivity contribution in [2.24, 2.45) is 5.92 Å². The molecule has 2 heterocycles. The molecule has 1 aliphatic heterocycles. The molecule has 0 unspecified atom stereocenters. The quantitative estimate of drug-likeness (QED) is 0.862. The van der Waals surface area contributed by atoms with Crippen molar-refractivity contribution < 1.29 is 9.53 Å². The van der Waals surface area contributed by atoms with Crippen LogP contribution in [0.2, 0.25) is 0 Å². The van der Waals surface area contributed by atoms with E-state index in [2.05, 4.69) is 20.9 Å². The number of rotatable bonds is 2. The third-order valence-corrected chi connectivity index (χ3v) is 3.99. The Hall–Kier alpha value is -1.13. The molecule has 1 fully saturated rings. The van der Waals surface area contributed by atoms with E-state index < -0.39 is 0 Å². The maximum atomic E-state index is 12.5. The van der Waals surface area contributed by atoms with E-state index in [0.29, 0.717) is 13.2 Å². The number of ether oxygens (including phenoxy) is 1. The predicted octanol–water partition coefficient (Wildman–Crippen LogP) is 3.54. The minimum absolute atomic E-state index is 0.108. The Balaban J connectivity index is 1.98. The van der Waals surface area contributed by atoms with E-state index in [0.717, 1.165) is 33.8 Å². The fraction of sp³-hybridized carbons (Fsp3) is 0.357. The maximum absolute atomic E-state index is 12.5. The zero-order chi connectivity index (χ0) is 12.5. The summed E-state index contributed by atoms with van der Waals surface area (Å²) in [6, 6.07) is 5.96. The Morgan fingerprint density at radius 1 is 1.33 bits per heavy atom. The molecule has 1 aromatic carbocycles. The average molecular weight is 308 g/mol. The SMILES string of the molecule is O=C(c1c[nH]c2ccc(Br)cc12)C1CCOCC1. The lowest BCUT2D eigenvalue weighted by atomic mass is 9.91. The summed E-state index contributed by atoms with van der Waals surface area (Å²) in [5, 5.41) is 1.00. The molecular weight excluding hydrogens is 294 g/mol. The molecule has 3 rings (SSSR count). The highest BCUT2D eigenvalue weighted by atomic mass is 79.9. The van der Waals surface area contributed by atoms with Crippen molar-refractivity contribution >= 4 is 32.6 Å². The van der Waals surface area contributed by atoms with Crippen molar-refractivity contribution in [3.8, 4) is 0 Å². The number of halogens is 1. The fourth-order valence-corrected chi connectivity index (χ4v) is 2.84. The first kappa shape index (κ1) is 11.9. The Morgan fingerprint density at radius 2 is 2.11 bits per heavy atom. The number of ketones is 1. The van der Waals surface area contributed by atoms with Crippen molar-refractivity contribution in [3.63, 3.8) is 0 Å². The van der Waals surface area contributed by atoms with E-state index >= 15 is 0 Å². The van der Waals surface area contributed by atoms with Crippen LogP contribution in [0.4, 0.5) is 0 Å².